The molecule has 180 valence electrons. The van der Waals surface area contributed by atoms with Crippen molar-refractivity contribution in [3.63, 3.8) is 0 Å². The number of aromatic nitrogens is 3. The van der Waals surface area contributed by atoms with E-state index < -0.39 is 17.8 Å². The van der Waals surface area contributed by atoms with Gasteiger partial charge in [0.1, 0.15) is 17.6 Å². The van der Waals surface area contributed by atoms with E-state index in [-0.39, 0.29) is 11.5 Å². The maximum Gasteiger partial charge on any atom is 0.418 e. The normalized spacial score (nSPS) is 13.2. The number of hydrogen-bond acceptors (Lipinski definition) is 5. The van der Waals surface area contributed by atoms with Crippen LogP contribution < -0.4 is 10.5 Å². The number of nitrogens with two attached hydrogens (primary N) is 1. The minimum atomic E-state index is -4.63. The lowest BCUT2D eigenvalue weighted by Crippen LogP contribution is -2.19. The van der Waals surface area contributed by atoms with Gasteiger partial charge in [-0.1, -0.05) is 18.2 Å². The van der Waals surface area contributed by atoms with Crippen molar-refractivity contribution < 1.29 is 17.9 Å². The molecule has 0 aliphatic carbocycles. The van der Waals surface area contributed by atoms with Gasteiger partial charge in [-0.3, -0.25) is 19.9 Å². The van der Waals surface area contributed by atoms with Gasteiger partial charge in [0, 0.05) is 46.6 Å². The highest BCUT2D eigenvalue weighted by atomic mass is 19.4. The zero-order valence-electron chi connectivity index (χ0n) is 19.1. The maximum absolute atomic E-state index is 13.9. The van der Waals surface area contributed by atoms with Crippen LogP contribution in [0.2, 0.25) is 0 Å². The van der Waals surface area contributed by atoms with Gasteiger partial charge in [0.05, 0.1) is 29.4 Å². The second kappa shape index (κ2) is 9.26. The van der Waals surface area contributed by atoms with Crippen molar-refractivity contribution in [2.24, 2.45) is 10.7 Å². The number of methoxy groups -OCH3 is 1. The van der Waals surface area contributed by atoms with Gasteiger partial charge in [0.15, 0.2) is 0 Å². The van der Waals surface area contributed by atoms with Crippen LogP contribution in [0.5, 0.6) is 5.75 Å². The van der Waals surface area contributed by atoms with Crippen molar-refractivity contribution in [2.45, 2.75) is 12.2 Å². The quantitative estimate of drug-likeness (QED) is 0.254. The van der Waals surface area contributed by atoms with Crippen LogP contribution in [-0.4, -0.2) is 27.9 Å². The number of pyridine rings is 3. The highest BCUT2D eigenvalue weighted by Crippen LogP contribution is 2.37. The first kappa shape index (κ1) is 23.2. The minimum absolute atomic E-state index is 0.0566. The summed E-state index contributed by atoms with van der Waals surface area (Å²) in [6, 6.07) is 17.2. The Kier molecular flexibility index (Phi) is 5.97. The predicted molar refractivity (Wildman–Crippen MR) is 132 cm³/mol. The standard InChI is InChI=1S/C27H20F3N5O/c1-36-20-9-8-17-12-19(15-34-23(17)14-20)24(25-21(27(28,29)30)5-3-11-33-25)35-26(31)18-7-6-16-4-2-10-32-22(16)13-18/h2-15,24H,1H3,(H2,31,35)/t24-/m0/s1. The molecule has 9 heteroatoms. The molecule has 0 aliphatic heterocycles. The van der Waals surface area contributed by atoms with E-state index in [1.807, 2.05) is 18.2 Å². The number of amidine groups is 1. The van der Waals surface area contributed by atoms with Gasteiger partial charge in [-0.25, -0.2) is 0 Å². The molecular formula is C27H20F3N5O. The second-order valence-electron chi connectivity index (χ2n) is 8.09. The molecule has 2 aromatic carbocycles. The third-order valence-electron chi connectivity index (χ3n) is 5.80. The summed E-state index contributed by atoms with van der Waals surface area (Å²) in [6.45, 7) is 0. The first-order chi connectivity index (χ1) is 17.3. The summed E-state index contributed by atoms with van der Waals surface area (Å²) in [7, 11) is 1.55. The zero-order valence-corrected chi connectivity index (χ0v) is 19.1. The van der Waals surface area contributed by atoms with Crippen LogP contribution in [0.3, 0.4) is 0 Å². The van der Waals surface area contributed by atoms with E-state index in [0.29, 0.717) is 33.3 Å². The largest absolute Gasteiger partial charge is 0.497 e. The summed E-state index contributed by atoms with van der Waals surface area (Å²) in [4.78, 5) is 17.4. The molecule has 0 radical (unpaired) electrons. The highest BCUT2D eigenvalue weighted by Gasteiger charge is 2.36. The van der Waals surface area contributed by atoms with Crippen LogP contribution in [0.1, 0.15) is 28.4 Å². The lowest BCUT2D eigenvalue weighted by Gasteiger charge is -2.19. The number of alkyl halides is 3. The summed E-state index contributed by atoms with van der Waals surface area (Å²) >= 11 is 0. The Morgan fingerprint density at radius 3 is 2.44 bits per heavy atom. The molecule has 6 nitrogen and oxygen atoms in total. The van der Waals surface area contributed by atoms with Crippen molar-refractivity contribution in [1.29, 1.82) is 0 Å². The molecule has 1 atom stereocenters. The molecule has 0 aliphatic rings. The fourth-order valence-corrected chi connectivity index (χ4v) is 4.00. The summed E-state index contributed by atoms with van der Waals surface area (Å²) in [5, 5.41) is 1.62. The second-order valence-corrected chi connectivity index (χ2v) is 8.09. The topological polar surface area (TPSA) is 86.3 Å². The Bertz CT molecular complexity index is 1600. The number of aliphatic imine (C=N–C) groups is 1. The van der Waals surface area contributed by atoms with Gasteiger partial charge in [-0.05, 0) is 42.5 Å². The van der Waals surface area contributed by atoms with E-state index in [0.717, 1.165) is 11.5 Å². The van der Waals surface area contributed by atoms with E-state index in [1.165, 1.54) is 18.5 Å². The van der Waals surface area contributed by atoms with Crippen molar-refractivity contribution in [3.05, 3.63) is 108 Å². The molecule has 0 amide bonds. The number of rotatable bonds is 5. The molecule has 2 N–H and O–H groups in total. The first-order valence-electron chi connectivity index (χ1n) is 11.0. The van der Waals surface area contributed by atoms with Crippen molar-refractivity contribution in [3.8, 4) is 5.75 Å². The number of ether oxygens (including phenoxy) is 1. The molecule has 0 saturated heterocycles. The average Bonchev–Trinajstić information content (AvgIpc) is 2.90. The van der Waals surface area contributed by atoms with Crippen LogP contribution >= 0.6 is 0 Å². The first-order valence-corrected chi connectivity index (χ1v) is 11.0. The molecule has 0 fully saturated rings. The van der Waals surface area contributed by atoms with E-state index in [1.54, 1.807) is 49.7 Å². The summed E-state index contributed by atoms with van der Waals surface area (Å²) in [5.74, 6) is 0.678. The number of benzene rings is 2. The van der Waals surface area contributed by atoms with Gasteiger partial charge in [-0.2, -0.15) is 13.2 Å². The third-order valence-corrected chi connectivity index (χ3v) is 5.80. The third kappa shape index (κ3) is 4.55. The van der Waals surface area contributed by atoms with Crippen LogP contribution in [0.25, 0.3) is 21.8 Å². The van der Waals surface area contributed by atoms with Crippen molar-refractivity contribution in [2.75, 3.05) is 7.11 Å². The summed E-state index contributed by atoms with van der Waals surface area (Å²) in [6.07, 6.45) is -0.180. The molecule has 0 bridgehead atoms. The lowest BCUT2D eigenvalue weighted by molar-refractivity contribution is -0.138. The monoisotopic (exact) mass is 487 g/mol. The van der Waals surface area contributed by atoms with Gasteiger partial charge in [0.25, 0.3) is 0 Å². The van der Waals surface area contributed by atoms with Crippen LogP contribution in [-0.2, 0) is 6.18 Å². The Balaban J connectivity index is 1.68. The summed E-state index contributed by atoms with van der Waals surface area (Å²) < 4.78 is 47.1. The molecule has 36 heavy (non-hydrogen) atoms. The van der Waals surface area contributed by atoms with Crippen LogP contribution in [0, 0.1) is 0 Å². The molecule has 0 unspecified atom stereocenters. The van der Waals surface area contributed by atoms with E-state index in [4.69, 9.17) is 10.5 Å². The molecule has 0 spiro atoms. The number of nitrogens with zero attached hydrogens (tertiary/aromatic N) is 4. The van der Waals surface area contributed by atoms with E-state index in [2.05, 4.69) is 19.9 Å². The van der Waals surface area contributed by atoms with Gasteiger partial charge in [0.2, 0.25) is 0 Å². The van der Waals surface area contributed by atoms with E-state index in [9.17, 15) is 13.2 Å². The molecular weight excluding hydrogens is 467 g/mol. The summed E-state index contributed by atoms with van der Waals surface area (Å²) in [5.41, 5.74) is 7.47. The Hall–Kier alpha value is -4.53. The van der Waals surface area contributed by atoms with Gasteiger partial charge >= 0.3 is 6.18 Å². The number of hydrogen-bond donors (Lipinski definition) is 1. The van der Waals surface area contributed by atoms with E-state index >= 15 is 0 Å². The van der Waals surface area contributed by atoms with Gasteiger partial charge < -0.3 is 10.5 Å². The highest BCUT2D eigenvalue weighted by molar-refractivity contribution is 6.00. The van der Waals surface area contributed by atoms with Crippen molar-refractivity contribution >= 4 is 27.6 Å². The zero-order chi connectivity index (χ0) is 25.3. The molecule has 5 rings (SSSR count). The SMILES string of the molecule is COc1ccc2cc([C@H](N=C(N)c3ccc4cccnc4c3)c3ncccc3C(F)(F)F)cnc2c1. The smallest absolute Gasteiger partial charge is 0.418 e. The minimum Gasteiger partial charge on any atom is -0.497 e. The van der Waals surface area contributed by atoms with Crippen LogP contribution in [0.4, 0.5) is 13.2 Å². The average molecular weight is 487 g/mol. The number of halogens is 3. The predicted octanol–water partition coefficient (Wildman–Crippen LogP) is 5.70. The molecule has 3 heterocycles. The fourth-order valence-electron chi connectivity index (χ4n) is 4.00. The van der Waals surface area contributed by atoms with Gasteiger partial charge in [-0.15, -0.1) is 0 Å². The number of fused-ring (bicyclic) bond motifs is 2. The fraction of sp³-hybridized carbons (Fsp3) is 0.111. The maximum atomic E-state index is 13.9. The Labute approximate surface area is 204 Å². The molecule has 3 aromatic heterocycles. The molecule has 0 saturated carbocycles. The Morgan fingerprint density at radius 2 is 1.64 bits per heavy atom. The van der Waals surface area contributed by atoms with Crippen LogP contribution in [0.15, 0.2) is 90.3 Å². The lowest BCUT2D eigenvalue weighted by atomic mass is 9.99. The Morgan fingerprint density at radius 1 is 0.889 bits per heavy atom. The molecule has 5 aromatic rings. The van der Waals surface area contributed by atoms with Crippen molar-refractivity contribution in [1.82, 2.24) is 15.0 Å².